The summed E-state index contributed by atoms with van der Waals surface area (Å²) in [7, 11) is 0. The highest BCUT2D eigenvalue weighted by molar-refractivity contribution is 5.52. The molecule has 0 aliphatic heterocycles. The number of halogens is 1. The van der Waals surface area contributed by atoms with Crippen LogP contribution < -0.4 is 0 Å². The zero-order chi connectivity index (χ0) is 13.9. The zero-order valence-electron chi connectivity index (χ0n) is 11.1. The average molecular weight is 271 g/mol. The van der Waals surface area contributed by atoms with Crippen LogP contribution >= 0.6 is 0 Å². The van der Waals surface area contributed by atoms with Crippen LogP contribution in [0.3, 0.4) is 0 Å². The third-order valence-electron chi connectivity index (χ3n) is 3.05. The van der Waals surface area contributed by atoms with Gasteiger partial charge in [0.05, 0.1) is 18.4 Å². The average Bonchev–Trinajstić information content (AvgIpc) is 3.06. The van der Waals surface area contributed by atoms with Crippen LogP contribution in [-0.2, 0) is 13.1 Å². The van der Waals surface area contributed by atoms with Gasteiger partial charge in [-0.3, -0.25) is 4.68 Å². The van der Waals surface area contributed by atoms with Crippen LogP contribution in [0.25, 0.3) is 11.4 Å². The van der Waals surface area contributed by atoms with E-state index in [9.17, 15) is 4.39 Å². The molecule has 0 fully saturated rings. The second-order valence-corrected chi connectivity index (χ2v) is 4.46. The molecule has 0 bridgehead atoms. The maximum absolute atomic E-state index is 13.1. The summed E-state index contributed by atoms with van der Waals surface area (Å²) in [6.45, 7) is 3.29. The first-order valence-electron chi connectivity index (χ1n) is 6.43. The lowest BCUT2D eigenvalue weighted by atomic mass is 10.2. The van der Waals surface area contributed by atoms with E-state index in [0.717, 1.165) is 23.5 Å². The number of hydrogen-bond acceptors (Lipinski definition) is 3. The molecule has 2 heterocycles. The fourth-order valence-corrected chi connectivity index (χ4v) is 2.12. The third-order valence-corrected chi connectivity index (χ3v) is 3.05. The van der Waals surface area contributed by atoms with Crippen molar-refractivity contribution in [3.8, 4) is 11.4 Å². The molecule has 0 atom stereocenters. The normalized spacial score (nSPS) is 10.9. The molecule has 0 unspecified atom stereocenters. The summed E-state index contributed by atoms with van der Waals surface area (Å²) in [5.41, 5.74) is 2.55. The van der Waals surface area contributed by atoms with Crippen LogP contribution in [0.15, 0.2) is 42.7 Å². The third kappa shape index (κ3) is 2.45. The van der Waals surface area contributed by atoms with Gasteiger partial charge in [0.25, 0.3) is 0 Å². The van der Waals surface area contributed by atoms with Crippen molar-refractivity contribution in [1.29, 1.82) is 0 Å². The van der Waals surface area contributed by atoms with Gasteiger partial charge in [-0.15, -0.1) is 5.10 Å². The fourth-order valence-electron chi connectivity index (χ4n) is 2.12. The molecule has 2 aromatic heterocycles. The van der Waals surface area contributed by atoms with Crippen LogP contribution in [0.4, 0.5) is 4.39 Å². The Labute approximate surface area is 115 Å². The molecule has 0 amide bonds. The van der Waals surface area contributed by atoms with E-state index in [2.05, 4.69) is 15.4 Å². The van der Waals surface area contributed by atoms with Crippen molar-refractivity contribution in [2.75, 3.05) is 0 Å². The predicted molar refractivity (Wildman–Crippen MR) is 72.4 cm³/mol. The maximum Gasteiger partial charge on any atom is 0.131 e. The summed E-state index contributed by atoms with van der Waals surface area (Å²) in [6, 6.07) is 8.38. The van der Waals surface area contributed by atoms with E-state index in [1.54, 1.807) is 16.9 Å². The molecule has 1 aromatic carbocycles. The van der Waals surface area contributed by atoms with Gasteiger partial charge >= 0.3 is 0 Å². The van der Waals surface area contributed by atoms with Gasteiger partial charge in [0.1, 0.15) is 11.5 Å². The highest BCUT2D eigenvalue weighted by Crippen LogP contribution is 2.16. The number of hydrogen-bond donors (Lipinski definition) is 0. The Hall–Kier alpha value is -2.50. The molecule has 0 saturated carbocycles. The fraction of sp³-hybridized carbons (Fsp3) is 0.214. The van der Waals surface area contributed by atoms with E-state index in [-0.39, 0.29) is 5.82 Å². The van der Waals surface area contributed by atoms with E-state index in [1.165, 1.54) is 12.1 Å². The lowest BCUT2D eigenvalue weighted by Gasteiger charge is -2.01. The lowest BCUT2D eigenvalue weighted by molar-refractivity contribution is 0.614. The van der Waals surface area contributed by atoms with Gasteiger partial charge in [-0.05, 0) is 30.7 Å². The first-order valence-corrected chi connectivity index (χ1v) is 6.43. The van der Waals surface area contributed by atoms with Crippen molar-refractivity contribution in [2.45, 2.75) is 20.0 Å². The Bertz CT molecular complexity index is 716. The van der Waals surface area contributed by atoms with Crippen molar-refractivity contribution in [3.63, 3.8) is 0 Å². The summed E-state index contributed by atoms with van der Waals surface area (Å²) in [5, 5.41) is 12.4. The molecule has 0 radical (unpaired) electrons. The van der Waals surface area contributed by atoms with E-state index >= 15 is 0 Å². The molecular formula is C14H14FN5. The monoisotopic (exact) mass is 271 g/mol. The van der Waals surface area contributed by atoms with Crippen LogP contribution in [0.2, 0.25) is 0 Å². The van der Waals surface area contributed by atoms with Crippen molar-refractivity contribution in [2.24, 2.45) is 0 Å². The first-order chi connectivity index (χ1) is 9.76. The van der Waals surface area contributed by atoms with Crippen LogP contribution in [0.1, 0.15) is 12.5 Å². The number of benzene rings is 1. The minimum atomic E-state index is -0.244. The number of nitrogens with zero attached hydrogens (tertiary/aromatic N) is 5. The Balaban J connectivity index is 1.84. The van der Waals surface area contributed by atoms with Gasteiger partial charge in [-0.1, -0.05) is 17.3 Å². The lowest BCUT2D eigenvalue weighted by Crippen LogP contribution is -2.00. The van der Waals surface area contributed by atoms with E-state index < -0.39 is 0 Å². The summed E-state index contributed by atoms with van der Waals surface area (Å²) in [5.74, 6) is -0.244. The Morgan fingerprint density at radius 2 is 2.15 bits per heavy atom. The molecule has 0 aliphatic rings. The molecular weight excluding hydrogens is 257 g/mol. The number of aryl methyl sites for hydroxylation is 1. The van der Waals surface area contributed by atoms with E-state index in [0.29, 0.717) is 6.54 Å². The van der Waals surface area contributed by atoms with Crippen molar-refractivity contribution >= 4 is 0 Å². The quantitative estimate of drug-likeness (QED) is 0.732. The Kier molecular flexibility index (Phi) is 3.28. The summed E-state index contributed by atoms with van der Waals surface area (Å²) >= 11 is 0. The molecule has 0 aliphatic carbocycles. The molecule has 6 heteroatoms. The van der Waals surface area contributed by atoms with Crippen molar-refractivity contribution in [3.05, 3.63) is 54.1 Å². The largest absolute Gasteiger partial charge is 0.263 e. The van der Waals surface area contributed by atoms with E-state index in [4.69, 9.17) is 0 Å². The topological polar surface area (TPSA) is 48.5 Å². The minimum Gasteiger partial charge on any atom is -0.263 e. The SMILES string of the molecule is CCn1nccc1-c1cn(Cc2cccc(F)c2)nn1. The zero-order valence-corrected chi connectivity index (χ0v) is 11.1. The van der Waals surface area contributed by atoms with Gasteiger partial charge in [-0.25, -0.2) is 9.07 Å². The van der Waals surface area contributed by atoms with Crippen molar-refractivity contribution < 1.29 is 4.39 Å². The summed E-state index contributed by atoms with van der Waals surface area (Å²) in [6.07, 6.45) is 3.58. The van der Waals surface area contributed by atoms with Crippen molar-refractivity contribution in [1.82, 2.24) is 24.8 Å². The first kappa shape index (κ1) is 12.5. The second kappa shape index (κ2) is 5.24. The van der Waals surface area contributed by atoms with Gasteiger partial charge < -0.3 is 0 Å². The molecule has 0 N–H and O–H groups in total. The molecule has 20 heavy (non-hydrogen) atoms. The summed E-state index contributed by atoms with van der Waals surface area (Å²) in [4.78, 5) is 0. The van der Waals surface area contributed by atoms with Gasteiger partial charge in [-0.2, -0.15) is 5.10 Å². The maximum atomic E-state index is 13.1. The van der Waals surface area contributed by atoms with Crippen LogP contribution in [-0.4, -0.2) is 24.8 Å². The smallest absolute Gasteiger partial charge is 0.131 e. The Morgan fingerprint density at radius 1 is 1.25 bits per heavy atom. The van der Waals surface area contributed by atoms with E-state index in [1.807, 2.05) is 29.9 Å². The van der Waals surface area contributed by atoms with Crippen LogP contribution in [0.5, 0.6) is 0 Å². The molecule has 3 aromatic rings. The molecule has 3 rings (SSSR count). The minimum absolute atomic E-state index is 0.244. The molecule has 0 saturated heterocycles. The number of aromatic nitrogens is 5. The van der Waals surface area contributed by atoms with Gasteiger partial charge in [0.2, 0.25) is 0 Å². The standard InChI is InChI=1S/C14H14FN5/c1-2-20-14(6-7-16-20)13-10-19(18-17-13)9-11-4-3-5-12(15)8-11/h3-8,10H,2,9H2,1H3. The van der Waals surface area contributed by atoms with Gasteiger partial charge in [0.15, 0.2) is 0 Å². The Morgan fingerprint density at radius 3 is 2.95 bits per heavy atom. The summed E-state index contributed by atoms with van der Waals surface area (Å²) < 4.78 is 16.7. The highest BCUT2D eigenvalue weighted by Gasteiger charge is 2.09. The van der Waals surface area contributed by atoms with Crippen LogP contribution in [0, 0.1) is 5.82 Å². The van der Waals surface area contributed by atoms with Gasteiger partial charge in [0, 0.05) is 12.7 Å². The highest BCUT2D eigenvalue weighted by atomic mass is 19.1. The number of rotatable bonds is 4. The molecule has 5 nitrogen and oxygen atoms in total. The predicted octanol–water partition coefficient (Wildman–Crippen LogP) is 2.35. The second-order valence-electron chi connectivity index (χ2n) is 4.46. The molecule has 102 valence electrons. The molecule has 0 spiro atoms.